The molecular formula is C29H26BrN3O7. The predicted octanol–water partition coefficient (Wildman–Crippen LogP) is 3.16. The van der Waals surface area contributed by atoms with E-state index in [0.29, 0.717) is 5.56 Å². The summed E-state index contributed by atoms with van der Waals surface area (Å²) in [5.41, 5.74) is 0.263. The molecule has 3 aliphatic heterocycles. The minimum absolute atomic E-state index is 0.0299. The highest BCUT2D eigenvalue weighted by Crippen LogP contribution is 2.57. The summed E-state index contributed by atoms with van der Waals surface area (Å²) in [4.78, 5) is 61.8. The second-order valence-electron chi connectivity index (χ2n) is 9.44. The first-order valence-electron chi connectivity index (χ1n) is 12.4. The molecule has 1 amide bonds. The third-order valence-electron chi connectivity index (χ3n) is 7.57. The number of ether oxygens (including phenoxy) is 3. The van der Waals surface area contributed by atoms with Crippen molar-refractivity contribution in [3.63, 3.8) is 0 Å². The number of rotatable bonds is 6. The van der Waals surface area contributed by atoms with Crippen molar-refractivity contribution in [2.75, 3.05) is 32.8 Å². The normalized spacial score (nSPS) is 22.6. The van der Waals surface area contributed by atoms with Crippen LogP contribution in [0.15, 0.2) is 81.9 Å². The lowest BCUT2D eigenvalue weighted by atomic mass is 9.69. The fourth-order valence-corrected chi connectivity index (χ4v) is 6.29. The van der Waals surface area contributed by atoms with Gasteiger partial charge in [-0.1, -0.05) is 40.2 Å². The molecule has 0 radical (unpaired) electrons. The summed E-state index contributed by atoms with van der Waals surface area (Å²) < 4.78 is 16.1. The summed E-state index contributed by atoms with van der Waals surface area (Å²) in [5.74, 6) is -2.68. The Balaban J connectivity index is 1.86. The highest BCUT2D eigenvalue weighted by molar-refractivity contribution is 9.10. The molecule has 40 heavy (non-hydrogen) atoms. The molecule has 0 aromatic heterocycles. The Kier molecular flexibility index (Phi) is 7.09. The molecule has 5 rings (SSSR count). The van der Waals surface area contributed by atoms with Gasteiger partial charge in [-0.2, -0.15) is 0 Å². The zero-order valence-electron chi connectivity index (χ0n) is 22.0. The third kappa shape index (κ3) is 3.87. The van der Waals surface area contributed by atoms with Gasteiger partial charge >= 0.3 is 17.9 Å². The molecule has 1 spiro atoms. The average Bonchev–Trinajstić information content (AvgIpc) is 3.47. The number of amides is 1. The molecule has 1 fully saturated rings. The van der Waals surface area contributed by atoms with E-state index in [2.05, 4.69) is 27.5 Å². The van der Waals surface area contributed by atoms with Gasteiger partial charge in [0.1, 0.15) is 11.9 Å². The Morgan fingerprint density at radius 1 is 1.02 bits per heavy atom. The Labute approximate surface area is 239 Å². The summed E-state index contributed by atoms with van der Waals surface area (Å²) in [7, 11) is 3.63. The quantitative estimate of drug-likeness (QED) is 0.279. The molecule has 2 aromatic carbocycles. The summed E-state index contributed by atoms with van der Waals surface area (Å²) in [6.45, 7) is 4.17. The van der Waals surface area contributed by atoms with Crippen molar-refractivity contribution < 1.29 is 33.4 Å². The van der Waals surface area contributed by atoms with Crippen molar-refractivity contribution in [3.8, 4) is 0 Å². The zero-order chi connectivity index (χ0) is 28.8. The van der Waals surface area contributed by atoms with Crippen molar-refractivity contribution in [1.29, 1.82) is 0 Å². The highest BCUT2D eigenvalue weighted by atomic mass is 79.9. The van der Waals surface area contributed by atoms with Crippen LogP contribution in [0.5, 0.6) is 0 Å². The van der Waals surface area contributed by atoms with Gasteiger partial charge in [0.15, 0.2) is 5.70 Å². The molecule has 3 atom stereocenters. The lowest BCUT2D eigenvalue weighted by molar-refractivity contribution is -0.144. The molecule has 2 unspecified atom stereocenters. The Morgan fingerprint density at radius 2 is 1.70 bits per heavy atom. The first kappa shape index (κ1) is 27.3. The van der Waals surface area contributed by atoms with E-state index in [1.807, 2.05) is 29.2 Å². The summed E-state index contributed by atoms with van der Waals surface area (Å²) in [6, 6.07) is 12.1. The van der Waals surface area contributed by atoms with E-state index in [9.17, 15) is 19.2 Å². The molecule has 11 heteroatoms. The van der Waals surface area contributed by atoms with Gasteiger partial charge in [0.25, 0.3) is 5.91 Å². The molecule has 0 saturated carbocycles. The molecule has 0 aliphatic carbocycles. The number of para-hydroxylation sites is 1. The number of hydrogen-bond donors (Lipinski definition) is 0. The van der Waals surface area contributed by atoms with Crippen molar-refractivity contribution in [3.05, 3.63) is 88.1 Å². The van der Waals surface area contributed by atoms with E-state index in [1.165, 1.54) is 26.2 Å². The lowest BCUT2D eigenvalue weighted by Gasteiger charge is -2.40. The van der Waals surface area contributed by atoms with Gasteiger partial charge in [-0.05, 0) is 42.3 Å². The predicted molar refractivity (Wildman–Crippen MR) is 149 cm³/mol. The van der Waals surface area contributed by atoms with E-state index >= 15 is 0 Å². The Morgan fingerprint density at radius 3 is 2.33 bits per heavy atom. The van der Waals surface area contributed by atoms with Crippen molar-refractivity contribution in [2.45, 2.75) is 23.9 Å². The number of esters is 3. The van der Waals surface area contributed by atoms with Crippen LogP contribution in [0.25, 0.3) is 0 Å². The topological polar surface area (TPSA) is 115 Å². The van der Waals surface area contributed by atoms with Crippen LogP contribution in [0.3, 0.4) is 0 Å². The van der Waals surface area contributed by atoms with E-state index < -0.39 is 41.3 Å². The second kappa shape index (κ2) is 10.4. The number of hydrogen-bond acceptors (Lipinski definition) is 9. The number of fused-ring (bicyclic) bond motifs is 1. The van der Waals surface area contributed by atoms with Crippen LogP contribution in [-0.2, 0) is 34.0 Å². The van der Waals surface area contributed by atoms with Crippen LogP contribution in [0.2, 0.25) is 0 Å². The molecule has 10 nitrogen and oxygen atoms in total. The summed E-state index contributed by atoms with van der Waals surface area (Å²) in [5, 5.41) is 0. The first-order chi connectivity index (χ1) is 19.2. The van der Waals surface area contributed by atoms with Crippen molar-refractivity contribution >= 4 is 51.3 Å². The maximum Gasteiger partial charge on any atom is 0.357 e. The number of anilines is 1. The minimum atomic E-state index is -1.19. The molecule has 3 aliphatic rings. The molecular weight excluding hydrogens is 582 g/mol. The monoisotopic (exact) mass is 607 g/mol. The maximum absolute atomic E-state index is 14.1. The lowest BCUT2D eigenvalue weighted by Crippen LogP contribution is -2.55. The fourth-order valence-electron chi connectivity index (χ4n) is 6.03. The van der Waals surface area contributed by atoms with E-state index in [0.717, 1.165) is 15.7 Å². The number of likely N-dealkylation sites (tertiary alicyclic amines) is 1. The Bertz CT molecular complexity index is 1500. The van der Waals surface area contributed by atoms with Crippen LogP contribution in [0.1, 0.15) is 22.3 Å². The first-order valence-corrected chi connectivity index (χ1v) is 13.2. The number of amidine groups is 1. The van der Waals surface area contributed by atoms with Crippen LogP contribution >= 0.6 is 15.9 Å². The van der Waals surface area contributed by atoms with Crippen molar-refractivity contribution in [2.24, 2.45) is 4.99 Å². The third-order valence-corrected chi connectivity index (χ3v) is 8.09. The van der Waals surface area contributed by atoms with Gasteiger partial charge < -0.3 is 19.1 Å². The second-order valence-corrected chi connectivity index (χ2v) is 10.4. The fraction of sp³-hybridized carbons (Fsp3) is 0.276. The number of methoxy groups -OCH3 is 3. The van der Waals surface area contributed by atoms with E-state index in [1.54, 1.807) is 30.3 Å². The van der Waals surface area contributed by atoms with Crippen molar-refractivity contribution in [1.82, 2.24) is 4.90 Å². The average molecular weight is 608 g/mol. The summed E-state index contributed by atoms with van der Waals surface area (Å²) in [6.07, 6.45) is 1.72. The summed E-state index contributed by atoms with van der Waals surface area (Å²) >= 11 is 3.38. The van der Waals surface area contributed by atoms with E-state index in [4.69, 9.17) is 14.2 Å². The van der Waals surface area contributed by atoms with Gasteiger partial charge in [0.2, 0.25) is 0 Å². The number of aliphatic imine (C=N–C) groups is 1. The minimum Gasteiger partial charge on any atom is -0.467 e. The van der Waals surface area contributed by atoms with E-state index in [-0.39, 0.29) is 30.1 Å². The Hall–Kier alpha value is -4.25. The highest BCUT2D eigenvalue weighted by Gasteiger charge is 2.67. The smallest absolute Gasteiger partial charge is 0.357 e. The van der Waals surface area contributed by atoms with Gasteiger partial charge in [0, 0.05) is 22.3 Å². The van der Waals surface area contributed by atoms with Crippen LogP contribution < -0.4 is 4.90 Å². The molecule has 0 bridgehead atoms. The van der Waals surface area contributed by atoms with Crippen LogP contribution in [0.4, 0.5) is 5.69 Å². The van der Waals surface area contributed by atoms with Gasteiger partial charge in [-0.15, -0.1) is 6.58 Å². The van der Waals surface area contributed by atoms with Gasteiger partial charge in [-0.25, -0.2) is 19.4 Å². The zero-order valence-corrected chi connectivity index (χ0v) is 23.6. The molecule has 1 saturated heterocycles. The molecule has 3 heterocycles. The number of benzene rings is 2. The van der Waals surface area contributed by atoms with Gasteiger partial charge in [0.05, 0.1) is 38.4 Å². The molecule has 0 N–H and O–H groups in total. The van der Waals surface area contributed by atoms with Crippen LogP contribution in [0, 0.1) is 0 Å². The SMILES string of the molecule is C=CCN1c2ccccc2[C@]23CC(C(=O)OC)N(C(=O)c4ccc(Br)cc4)C2=NC(C(=O)OC)=C(C(=O)OC)C13. The number of carbonyl (C=O) groups is 4. The standard InChI is InChI=1S/C29H26BrN3O7/c1-5-14-32-19-9-7-6-8-18(19)29-15-20(25(35)38-2)33(24(34)16-10-12-17(30)13-11-16)28(29)31-22(27(37)40-4)21(23(29)32)26(36)39-3/h5-13,20,23H,1,14-15H2,2-4H3/t20?,23?,29-/m0/s1. The maximum atomic E-state index is 14.1. The van der Waals surface area contributed by atoms with Gasteiger partial charge in [-0.3, -0.25) is 9.69 Å². The molecule has 2 aromatic rings. The molecule has 206 valence electrons. The number of carbonyl (C=O) groups excluding carboxylic acids is 4. The van der Waals surface area contributed by atoms with Crippen LogP contribution in [-0.4, -0.2) is 74.5 Å². The number of nitrogens with zero attached hydrogens (tertiary/aromatic N) is 3. The largest absolute Gasteiger partial charge is 0.467 e. The number of halogens is 1.